The molecule has 0 saturated carbocycles. The van der Waals surface area contributed by atoms with Crippen LogP contribution in [-0.4, -0.2) is 15.0 Å². The van der Waals surface area contributed by atoms with Gasteiger partial charge in [0, 0.05) is 23.3 Å². The van der Waals surface area contributed by atoms with Crippen molar-refractivity contribution >= 4 is 33.2 Å². The van der Waals surface area contributed by atoms with Gasteiger partial charge >= 0.3 is 0 Å². The highest BCUT2D eigenvalue weighted by Crippen LogP contribution is 2.28. The Bertz CT molecular complexity index is 693. The molecular formula is C12H8ClN3S. The van der Waals surface area contributed by atoms with E-state index in [9.17, 15) is 0 Å². The van der Waals surface area contributed by atoms with Crippen molar-refractivity contribution in [3.8, 4) is 11.4 Å². The first-order chi connectivity index (χ1) is 8.25. The summed E-state index contributed by atoms with van der Waals surface area (Å²) in [5.74, 6) is 0.657. The zero-order chi connectivity index (χ0) is 11.8. The van der Waals surface area contributed by atoms with E-state index in [0.29, 0.717) is 11.0 Å². The van der Waals surface area contributed by atoms with Gasteiger partial charge in [-0.3, -0.25) is 4.98 Å². The highest BCUT2D eigenvalue weighted by Gasteiger charge is 2.10. The number of hydrogen-bond donors (Lipinski definition) is 0. The molecule has 0 spiro atoms. The molecule has 0 N–H and O–H groups in total. The Hall–Kier alpha value is -1.52. The van der Waals surface area contributed by atoms with Crippen molar-refractivity contribution < 1.29 is 0 Å². The molecule has 3 aromatic heterocycles. The summed E-state index contributed by atoms with van der Waals surface area (Å²) in [6.07, 6.45) is 3.53. The molecule has 0 aliphatic carbocycles. The van der Waals surface area contributed by atoms with Crippen molar-refractivity contribution in [3.63, 3.8) is 0 Å². The molecule has 3 rings (SSSR count). The fourth-order valence-corrected chi connectivity index (χ4v) is 2.72. The lowest BCUT2D eigenvalue weighted by molar-refractivity contribution is 1.20. The van der Waals surface area contributed by atoms with Crippen molar-refractivity contribution in [2.45, 2.75) is 6.92 Å². The van der Waals surface area contributed by atoms with Crippen LogP contribution in [0, 0.1) is 6.92 Å². The summed E-state index contributed by atoms with van der Waals surface area (Å²) in [4.78, 5) is 13.8. The van der Waals surface area contributed by atoms with Crippen molar-refractivity contribution in [1.82, 2.24) is 15.0 Å². The highest BCUT2D eigenvalue weighted by molar-refractivity contribution is 7.16. The number of halogens is 1. The molecule has 0 saturated heterocycles. The summed E-state index contributed by atoms with van der Waals surface area (Å²) in [6.45, 7) is 1.98. The molecule has 5 heteroatoms. The molecule has 0 aliphatic rings. The standard InChI is InChI=1S/C12H8ClN3S/c1-7-6-14-4-2-8(7)11-15-10(13)9-3-5-17-12(9)16-11/h2-6H,1H3. The minimum Gasteiger partial charge on any atom is -0.264 e. The lowest BCUT2D eigenvalue weighted by atomic mass is 10.1. The molecule has 0 aliphatic heterocycles. The van der Waals surface area contributed by atoms with Gasteiger partial charge in [-0.15, -0.1) is 11.3 Å². The van der Waals surface area contributed by atoms with Crippen LogP contribution in [0.4, 0.5) is 0 Å². The van der Waals surface area contributed by atoms with Gasteiger partial charge in [-0.25, -0.2) is 9.97 Å². The third kappa shape index (κ3) is 1.79. The van der Waals surface area contributed by atoms with Crippen molar-refractivity contribution in [2.75, 3.05) is 0 Å². The Morgan fingerprint density at radius 1 is 1.24 bits per heavy atom. The van der Waals surface area contributed by atoms with E-state index in [1.54, 1.807) is 23.7 Å². The van der Waals surface area contributed by atoms with Crippen LogP contribution >= 0.6 is 22.9 Å². The largest absolute Gasteiger partial charge is 0.264 e. The van der Waals surface area contributed by atoms with Gasteiger partial charge in [-0.05, 0) is 30.0 Å². The molecular weight excluding hydrogens is 254 g/mol. The third-order valence-electron chi connectivity index (χ3n) is 2.54. The maximum atomic E-state index is 6.15. The van der Waals surface area contributed by atoms with Gasteiger partial charge in [-0.2, -0.15) is 0 Å². The summed E-state index contributed by atoms with van der Waals surface area (Å²) >= 11 is 7.71. The van der Waals surface area contributed by atoms with Gasteiger partial charge in [0.25, 0.3) is 0 Å². The van der Waals surface area contributed by atoms with Crippen LogP contribution in [0.1, 0.15) is 5.56 Å². The maximum absolute atomic E-state index is 6.15. The number of pyridine rings is 1. The molecule has 0 radical (unpaired) electrons. The smallest absolute Gasteiger partial charge is 0.162 e. The van der Waals surface area contributed by atoms with E-state index in [2.05, 4.69) is 15.0 Å². The average Bonchev–Trinajstić information content (AvgIpc) is 2.78. The quantitative estimate of drug-likeness (QED) is 0.627. The van der Waals surface area contributed by atoms with Crippen LogP contribution < -0.4 is 0 Å². The molecule has 0 fully saturated rings. The van der Waals surface area contributed by atoms with Crippen molar-refractivity contribution in [1.29, 1.82) is 0 Å². The average molecular weight is 262 g/mol. The number of nitrogens with zero attached hydrogens (tertiary/aromatic N) is 3. The van der Waals surface area contributed by atoms with Crippen LogP contribution in [0.3, 0.4) is 0 Å². The molecule has 0 amide bonds. The van der Waals surface area contributed by atoms with E-state index in [1.807, 2.05) is 24.4 Å². The van der Waals surface area contributed by atoms with E-state index in [1.165, 1.54) is 0 Å². The van der Waals surface area contributed by atoms with Crippen molar-refractivity contribution in [2.24, 2.45) is 0 Å². The minimum absolute atomic E-state index is 0.502. The highest BCUT2D eigenvalue weighted by atomic mass is 35.5. The van der Waals surface area contributed by atoms with Gasteiger partial charge in [0.1, 0.15) is 9.98 Å². The van der Waals surface area contributed by atoms with E-state index < -0.39 is 0 Å². The SMILES string of the molecule is Cc1cnccc1-c1nc(Cl)c2ccsc2n1. The maximum Gasteiger partial charge on any atom is 0.162 e. The van der Waals surface area contributed by atoms with Crippen molar-refractivity contribution in [3.05, 3.63) is 40.6 Å². The fraction of sp³-hybridized carbons (Fsp3) is 0.0833. The predicted octanol–water partition coefficient (Wildman–Crippen LogP) is 3.72. The fourth-order valence-electron chi connectivity index (χ4n) is 1.66. The normalized spacial score (nSPS) is 10.9. The first kappa shape index (κ1) is 10.6. The summed E-state index contributed by atoms with van der Waals surface area (Å²) in [7, 11) is 0. The zero-order valence-electron chi connectivity index (χ0n) is 9.01. The van der Waals surface area contributed by atoms with E-state index >= 15 is 0 Å². The first-order valence-corrected chi connectivity index (χ1v) is 6.33. The van der Waals surface area contributed by atoms with Gasteiger partial charge in [0.15, 0.2) is 5.82 Å². The van der Waals surface area contributed by atoms with Crippen LogP contribution in [0.25, 0.3) is 21.6 Å². The molecule has 0 aromatic carbocycles. The zero-order valence-corrected chi connectivity index (χ0v) is 10.6. The Balaban J connectivity index is 2.28. The second-order valence-corrected chi connectivity index (χ2v) is 4.92. The molecule has 84 valence electrons. The summed E-state index contributed by atoms with van der Waals surface area (Å²) < 4.78 is 0. The lowest BCUT2D eigenvalue weighted by Gasteiger charge is -2.04. The number of hydrogen-bond acceptors (Lipinski definition) is 4. The number of aryl methyl sites for hydroxylation is 1. The molecule has 17 heavy (non-hydrogen) atoms. The number of fused-ring (bicyclic) bond motifs is 1. The second-order valence-electron chi connectivity index (χ2n) is 3.67. The van der Waals surface area contributed by atoms with Crippen LogP contribution in [0.2, 0.25) is 5.15 Å². The van der Waals surface area contributed by atoms with E-state index in [0.717, 1.165) is 21.3 Å². The summed E-state index contributed by atoms with van der Waals surface area (Å²) in [5.41, 5.74) is 2.01. The number of rotatable bonds is 1. The first-order valence-electron chi connectivity index (χ1n) is 5.07. The van der Waals surface area contributed by atoms with Crippen LogP contribution in [0.5, 0.6) is 0 Å². The Morgan fingerprint density at radius 3 is 2.94 bits per heavy atom. The monoisotopic (exact) mass is 261 g/mol. The molecule has 0 atom stereocenters. The lowest BCUT2D eigenvalue weighted by Crippen LogP contribution is -1.92. The van der Waals surface area contributed by atoms with Gasteiger partial charge in [0.2, 0.25) is 0 Å². The summed E-state index contributed by atoms with van der Waals surface area (Å²) in [5, 5.41) is 3.38. The third-order valence-corrected chi connectivity index (χ3v) is 3.63. The predicted molar refractivity (Wildman–Crippen MR) is 70.4 cm³/mol. The molecule has 3 nitrogen and oxygen atoms in total. The number of thiophene rings is 1. The Kier molecular flexibility index (Phi) is 2.53. The molecule has 0 bridgehead atoms. The molecule has 3 aromatic rings. The van der Waals surface area contributed by atoms with Gasteiger partial charge in [-0.1, -0.05) is 11.6 Å². The van der Waals surface area contributed by atoms with Gasteiger partial charge in [0.05, 0.1) is 0 Å². The Labute approximate surface area is 107 Å². The second kappa shape index (κ2) is 4.05. The van der Waals surface area contributed by atoms with Gasteiger partial charge < -0.3 is 0 Å². The topological polar surface area (TPSA) is 38.7 Å². The summed E-state index contributed by atoms with van der Waals surface area (Å²) in [6, 6.07) is 3.84. The van der Waals surface area contributed by atoms with E-state index in [-0.39, 0.29) is 0 Å². The van der Waals surface area contributed by atoms with E-state index in [4.69, 9.17) is 11.6 Å². The molecule has 3 heterocycles. The van der Waals surface area contributed by atoms with Crippen LogP contribution in [0.15, 0.2) is 29.9 Å². The minimum atomic E-state index is 0.502. The van der Waals surface area contributed by atoms with Crippen LogP contribution in [-0.2, 0) is 0 Å². The Morgan fingerprint density at radius 2 is 2.12 bits per heavy atom. The number of aromatic nitrogens is 3. The molecule has 0 unspecified atom stereocenters.